The maximum absolute atomic E-state index is 14.6. The van der Waals surface area contributed by atoms with Crippen molar-refractivity contribution in [3.05, 3.63) is 89.5 Å². The van der Waals surface area contributed by atoms with Crippen LogP contribution in [0.5, 0.6) is 5.75 Å². The fourth-order valence-corrected chi connectivity index (χ4v) is 4.55. The smallest absolute Gasteiger partial charge is 0.200 e. The van der Waals surface area contributed by atoms with Crippen LogP contribution in [0.1, 0.15) is 74.5 Å². The number of rotatable bonds is 11. The maximum Gasteiger partial charge on any atom is 0.200 e. The minimum absolute atomic E-state index is 0.00952. The summed E-state index contributed by atoms with van der Waals surface area (Å²) in [6, 6.07) is 12.2. The van der Waals surface area contributed by atoms with E-state index in [0.717, 1.165) is 44.9 Å². The Bertz CT molecular complexity index is 877. The summed E-state index contributed by atoms with van der Waals surface area (Å²) in [6.45, 7) is 6.12. The Morgan fingerprint density at radius 3 is 2.25 bits per heavy atom. The molecule has 1 nitrogen and oxygen atoms in total. The second-order valence-electron chi connectivity index (χ2n) is 8.85. The van der Waals surface area contributed by atoms with Crippen molar-refractivity contribution in [2.75, 3.05) is 6.61 Å². The number of hydrogen-bond donors (Lipinski definition) is 0. The first-order valence-electron chi connectivity index (χ1n) is 12.1. The quantitative estimate of drug-likeness (QED) is 0.253. The lowest BCUT2D eigenvalue weighted by molar-refractivity contribution is 0.298. The molecule has 172 valence electrons. The fraction of sp³-hybridized carbons (Fsp3) is 0.448. The molecule has 0 amide bonds. The van der Waals surface area contributed by atoms with Crippen LogP contribution < -0.4 is 4.74 Å². The van der Waals surface area contributed by atoms with E-state index >= 15 is 0 Å². The molecule has 32 heavy (non-hydrogen) atoms. The van der Waals surface area contributed by atoms with Gasteiger partial charge in [-0.15, -0.1) is 6.58 Å². The summed E-state index contributed by atoms with van der Waals surface area (Å²) in [6.07, 6.45) is 15.2. The van der Waals surface area contributed by atoms with Gasteiger partial charge in [-0.25, -0.2) is 4.39 Å². The Balaban J connectivity index is 1.45. The molecule has 0 aliphatic heterocycles. The predicted octanol–water partition coefficient (Wildman–Crippen LogP) is 8.34. The molecule has 2 aromatic rings. The first-order chi connectivity index (χ1) is 15.6. The Labute approximate surface area is 192 Å². The molecule has 0 radical (unpaired) electrons. The summed E-state index contributed by atoms with van der Waals surface area (Å²) in [5.41, 5.74) is 3.29. The van der Waals surface area contributed by atoms with Gasteiger partial charge in [0.15, 0.2) is 11.6 Å². The molecule has 1 aliphatic rings. The second kappa shape index (κ2) is 12.6. The third-order valence-electron chi connectivity index (χ3n) is 6.44. The SMILES string of the molecule is C=CCCOc1ccc(C2CCC(C=CCCc3ccc(CCC)cc3)CC2)c(F)c1F. The van der Waals surface area contributed by atoms with Crippen LogP contribution in [0.3, 0.4) is 0 Å². The van der Waals surface area contributed by atoms with Crippen molar-refractivity contribution in [3.8, 4) is 5.75 Å². The molecule has 0 atom stereocenters. The monoisotopic (exact) mass is 438 g/mol. The van der Waals surface area contributed by atoms with Crippen LogP contribution in [0.15, 0.2) is 61.2 Å². The van der Waals surface area contributed by atoms with Crippen LogP contribution in [0, 0.1) is 17.6 Å². The zero-order chi connectivity index (χ0) is 22.8. The van der Waals surface area contributed by atoms with Gasteiger partial charge >= 0.3 is 0 Å². The standard InChI is InChI=1S/C29H36F2O/c1-3-5-21-32-27-20-19-26(28(30)29(27)31)25-17-15-24(16-18-25)10-7-6-9-23-13-11-22(8-4-2)12-14-23/h3,7,10-14,19-20,24-25H,1,4-6,8-9,15-18,21H2,2H3. The molecule has 2 aromatic carbocycles. The number of allylic oxidation sites excluding steroid dienone is 2. The van der Waals surface area contributed by atoms with Gasteiger partial charge in [-0.1, -0.05) is 61.9 Å². The van der Waals surface area contributed by atoms with E-state index in [0.29, 0.717) is 24.5 Å². The van der Waals surface area contributed by atoms with Crippen LogP contribution >= 0.6 is 0 Å². The molecule has 1 fully saturated rings. The first kappa shape index (κ1) is 24.2. The van der Waals surface area contributed by atoms with Crippen molar-refractivity contribution in [1.29, 1.82) is 0 Å². The number of aryl methyl sites for hydroxylation is 2. The molecule has 0 bridgehead atoms. The van der Waals surface area contributed by atoms with Gasteiger partial charge in [0.25, 0.3) is 0 Å². The Morgan fingerprint density at radius 1 is 0.906 bits per heavy atom. The molecule has 1 aliphatic carbocycles. The molecule has 3 heteroatoms. The average Bonchev–Trinajstić information content (AvgIpc) is 2.81. The highest BCUT2D eigenvalue weighted by atomic mass is 19.2. The molecule has 0 N–H and O–H groups in total. The number of benzene rings is 2. The van der Waals surface area contributed by atoms with Gasteiger partial charge in [0.05, 0.1) is 6.61 Å². The van der Waals surface area contributed by atoms with Crippen LogP contribution in [0.4, 0.5) is 8.78 Å². The van der Waals surface area contributed by atoms with Gasteiger partial charge in [-0.2, -0.15) is 4.39 Å². The van der Waals surface area contributed by atoms with Gasteiger partial charge in [0.1, 0.15) is 0 Å². The lowest BCUT2D eigenvalue weighted by atomic mass is 9.78. The summed E-state index contributed by atoms with van der Waals surface area (Å²) in [5.74, 6) is -1.00. The summed E-state index contributed by atoms with van der Waals surface area (Å²) >= 11 is 0. The lowest BCUT2D eigenvalue weighted by Crippen LogP contribution is -2.14. The summed E-state index contributed by atoms with van der Waals surface area (Å²) in [4.78, 5) is 0. The maximum atomic E-state index is 14.6. The van der Waals surface area contributed by atoms with Crippen LogP contribution in [0.25, 0.3) is 0 Å². The third-order valence-corrected chi connectivity index (χ3v) is 6.44. The molecule has 0 unspecified atom stereocenters. The van der Waals surface area contributed by atoms with Crippen LogP contribution in [-0.2, 0) is 12.8 Å². The number of ether oxygens (including phenoxy) is 1. The van der Waals surface area contributed by atoms with Crippen molar-refractivity contribution in [2.24, 2.45) is 5.92 Å². The fourth-order valence-electron chi connectivity index (χ4n) is 4.55. The predicted molar refractivity (Wildman–Crippen MR) is 129 cm³/mol. The molecular formula is C29H36F2O. The number of halogens is 2. The minimum Gasteiger partial charge on any atom is -0.490 e. The Hall–Kier alpha value is -2.42. The van der Waals surface area contributed by atoms with Crippen molar-refractivity contribution in [3.63, 3.8) is 0 Å². The topological polar surface area (TPSA) is 9.23 Å². The molecular weight excluding hydrogens is 402 g/mol. The average molecular weight is 439 g/mol. The second-order valence-corrected chi connectivity index (χ2v) is 8.85. The molecule has 0 saturated heterocycles. The molecule has 3 rings (SSSR count). The van der Waals surface area contributed by atoms with E-state index in [1.165, 1.54) is 17.5 Å². The van der Waals surface area contributed by atoms with Crippen molar-refractivity contribution >= 4 is 0 Å². The van der Waals surface area contributed by atoms with E-state index < -0.39 is 11.6 Å². The normalized spacial score (nSPS) is 18.7. The molecule has 0 spiro atoms. The highest BCUT2D eigenvalue weighted by Crippen LogP contribution is 2.39. The molecule has 1 saturated carbocycles. The first-order valence-corrected chi connectivity index (χ1v) is 12.1. The molecule has 0 heterocycles. The minimum atomic E-state index is -0.865. The lowest BCUT2D eigenvalue weighted by Gasteiger charge is -2.27. The van der Waals surface area contributed by atoms with E-state index in [4.69, 9.17) is 4.74 Å². The Kier molecular flexibility index (Phi) is 9.52. The summed E-state index contributed by atoms with van der Waals surface area (Å²) < 4.78 is 34.4. The van der Waals surface area contributed by atoms with Gasteiger partial charge in [-0.05, 0) is 86.0 Å². The highest BCUT2D eigenvalue weighted by molar-refractivity contribution is 5.33. The Morgan fingerprint density at radius 2 is 1.59 bits per heavy atom. The van der Waals surface area contributed by atoms with Crippen LogP contribution in [0.2, 0.25) is 0 Å². The van der Waals surface area contributed by atoms with Crippen molar-refractivity contribution < 1.29 is 13.5 Å². The van der Waals surface area contributed by atoms with E-state index in [2.05, 4.69) is 49.9 Å². The molecule has 0 aromatic heterocycles. The van der Waals surface area contributed by atoms with E-state index in [1.54, 1.807) is 18.2 Å². The van der Waals surface area contributed by atoms with Gasteiger partial charge in [-0.3, -0.25) is 0 Å². The largest absolute Gasteiger partial charge is 0.490 e. The van der Waals surface area contributed by atoms with E-state index in [-0.39, 0.29) is 11.7 Å². The van der Waals surface area contributed by atoms with E-state index in [1.807, 2.05) is 0 Å². The van der Waals surface area contributed by atoms with Crippen LogP contribution in [-0.4, -0.2) is 6.61 Å². The van der Waals surface area contributed by atoms with Gasteiger partial charge in [0.2, 0.25) is 5.82 Å². The van der Waals surface area contributed by atoms with Crippen molar-refractivity contribution in [1.82, 2.24) is 0 Å². The third kappa shape index (κ3) is 6.79. The summed E-state index contributed by atoms with van der Waals surface area (Å²) in [7, 11) is 0. The highest BCUT2D eigenvalue weighted by Gasteiger charge is 2.25. The van der Waals surface area contributed by atoms with Crippen molar-refractivity contribution in [2.45, 2.75) is 70.6 Å². The summed E-state index contributed by atoms with van der Waals surface area (Å²) in [5, 5.41) is 0. The number of hydrogen-bond acceptors (Lipinski definition) is 1. The zero-order valence-corrected chi connectivity index (χ0v) is 19.3. The van der Waals surface area contributed by atoms with E-state index in [9.17, 15) is 8.78 Å². The van der Waals surface area contributed by atoms with Gasteiger partial charge < -0.3 is 4.74 Å². The van der Waals surface area contributed by atoms with Gasteiger partial charge in [0, 0.05) is 0 Å². The zero-order valence-electron chi connectivity index (χ0n) is 19.3.